The van der Waals surface area contributed by atoms with Crippen molar-refractivity contribution < 1.29 is 4.74 Å². The third-order valence-corrected chi connectivity index (χ3v) is 2.28. The minimum atomic E-state index is 0.374. The lowest BCUT2D eigenvalue weighted by molar-refractivity contribution is 0.374. The Morgan fingerprint density at radius 2 is 1.81 bits per heavy atom. The molecule has 0 saturated heterocycles. The van der Waals surface area contributed by atoms with E-state index in [9.17, 15) is 0 Å². The Labute approximate surface area is 95.0 Å². The Balaban J connectivity index is 2.23. The van der Waals surface area contributed by atoms with Gasteiger partial charge in [0.15, 0.2) is 0 Å². The third kappa shape index (κ3) is 2.33. The number of nitrogens with two attached hydrogens (primary N) is 1. The van der Waals surface area contributed by atoms with Crippen molar-refractivity contribution in [2.24, 2.45) is 5.73 Å². The van der Waals surface area contributed by atoms with Crippen LogP contribution in [0.1, 0.15) is 0 Å². The molecule has 2 N–H and O–H groups in total. The molecule has 0 radical (unpaired) electrons. The molecule has 2 aromatic carbocycles. The standard InChI is InChI=1S/C14H13NO/c15-10-3-4-11-16-14-9-5-7-12-6-1-2-8-13(12)14/h1-2,5-9H,10-11,15H2. The van der Waals surface area contributed by atoms with E-state index in [2.05, 4.69) is 24.0 Å². The summed E-state index contributed by atoms with van der Waals surface area (Å²) in [5.74, 6) is 6.49. The molecule has 0 saturated carbocycles. The molecule has 0 bridgehead atoms. The maximum atomic E-state index is 5.59. The summed E-state index contributed by atoms with van der Waals surface area (Å²) in [5.41, 5.74) is 5.27. The largest absolute Gasteiger partial charge is 0.480 e. The molecule has 0 aliphatic carbocycles. The van der Waals surface area contributed by atoms with Crippen LogP contribution in [0.3, 0.4) is 0 Å². The van der Waals surface area contributed by atoms with Crippen molar-refractivity contribution in [3.63, 3.8) is 0 Å². The molecule has 0 aliphatic heterocycles. The minimum absolute atomic E-state index is 0.374. The topological polar surface area (TPSA) is 35.2 Å². The molecular formula is C14H13NO. The molecule has 2 rings (SSSR count). The first-order valence-electron chi connectivity index (χ1n) is 5.18. The fraction of sp³-hybridized carbons (Fsp3) is 0.143. The van der Waals surface area contributed by atoms with E-state index in [4.69, 9.17) is 10.5 Å². The zero-order chi connectivity index (χ0) is 11.2. The van der Waals surface area contributed by atoms with E-state index in [1.165, 1.54) is 5.39 Å². The zero-order valence-electron chi connectivity index (χ0n) is 8.94. The lowest BCUT2D eigenvalue weighted by atomic mass is 10.1. The molecular weight excluding hydrogens is 198 g/mol. The summed E-state index contributed by atoms with van der Waals surface area (Å²) in [6, 6.07) is 14.1. The third-order valence-electron chi connectivity index (χ3n) is 2.28. The van der Waals surface area contributed by atoms with E-state index >= 15 is 0 Å². The van der Waals surface area contributed by atoms with Crippen molar-refractivity contribution in [3.05, 3.63) is 42.5 Å². The molecule has 80 valence electrons. The smallest absolute Gasteiger partial charge is 0.149 e. The van der Waals surface area contributed by atoms with Crippen molar-refractivity contribution in [1.82, 2.24) is 0 Å². The highest BCUT2D eigenvalue weighted by Gasteiger charge is 1.99. The van der Waals surface area contributed by atoms with Gasteiger partial charge in [0, 0.05) is 5.39 Å². The second-order valence-electron chi connectivity index (χ2n) is 3.32. The Kier molecular flexibility index (Phi) is 3.42. The van der Waals surface area contributed by atoms with Gasteiger partial charge in [-0.3, -0.25) is 0 Å². The van der Waals surface area contributed by atoms with Crippen LogP contribution in [0, 0.1) is 11.8 Å². The zero-order valence-corrected chi connectivity index (χ0v) is 8.94. The Bertz CT molecular complexity index is 532. The van der Waals surface area contributed by atoms with Gasteiger partial charge in [-0.2, -0.15) is 0 Å². The average molecular weight is 211 g/mol. The van der Waals surface area contributed by atoms with E-state index in [0.29, 0.717) is 13.2 Å². The highest BCUT2D eigenvalue weighted by Crippen LogP contribution is 2.24. The molecule has 0 aliphatic rings. The summed E-state index contributed by atoms with van der Waals surface area (Å²) in [6.07, 6.45) is 0. The van der Waals surface area contributed by atoms with E-state index in [-0.39, 0.29) is 0 Å². The minimum Gasteiger partial charge on any atom is -0.480 e. The summed E-state index contributed by atoms with van der Waals surface area (Å²) in [4.78, 5) is 0. The van der Waals surface area contributed by atoms with Crippen LogP contribution in [0.15, 0.2) is 42.5 Å². The van der Waals surface area contributed by atoms with E-state index in [1.807, 2.05) is 30.3 Å². The lowest BCUT2D eigenvalue weighted by Crippen LogP contribution is -1.97. The van der Waals surface area contributed by atoms with Gasteiger partial charge in [-0.15, -0.1) is 0 Å². The normalized spacial score (nSPS) is 9.56. The van der Waals surface area contributed by atoms with Crippen LogP contribution in [-0.4, -0.2) is 13.2 Å². The van der Waals surface area contributed by atoms with E-state index in [1.54, 1.807) is 0 Å². The first-order valence-corrected chi connectivity index (χ1v) is 5.18. The average Bonchev–Trinajstić information content (AvgIpc) is 2.35. The first-order chi connectivity index (χ1) is 7.92. The number of rotatable bonds is 2. The fourth-order valence-corrected chi connectivity index (χ4v) is 1.56. The molecule has 0 atom stereocenters. The van der Waals surface area contributed by atoms with Crippen LogP contribution in [0.2, 0.25) is 0 Å². The van der Waals surface area contributed by atoms with Crippen LogP contribution < -0.4 is 10.5 Å². The number of hydrogen-bond acceptors (Lipinski definition) is 2. The fourth-order valence-electron chi connectivity index (χ4n) is 1.56. The lowest BCUT2D eigenvalue weighted by Gasteiger charge is -2.05. The second-order valence-corrected chi connectivity index (χ2v) is 3.32. The van der Waals surface area contributed by atoms with Crippen molar-refractivity contribution >= 4 is 10.8 Å². The van der Waals surface area contributed by atoms with Gasteiger partial charge in [0.25, 0.3) is 0 Å². The van der Waals surface area contributed by atoms with Crippen molar-refractivity contribution in [2.45, 2.75) is 0 Å². The highest BCUT2D eigenvalue weighted by molar-refractivity contribution is 5.88. The summed E-state index contributed by atoms with van der Waals surface area (Å²) >= 11 is 0. The monoisotopic (exact) mass is 211 g/mol. The summed E-state index contributed by atoms with van der Waals surface area (Å²) < 4.78 is 5.59. The summed E-state index contributed by atoms with van der Waals surface area (Å²) in [6.45, 7) is 0.754. The van der Waals surface area contributed by atoms with Crippen LogP contribution in [0.4, 0.5) is 0 Å². The molecule has 2 nitrogen and oxygen atoms in total. The molecule has 0 spiro atoms. The molecule has 2 aromatic rings. The van der Waals surface area contributed by atoms with Gasteiger partial charge in [-0.05, 0) is 11.5 Å². The second kappa shape index (κ2) is 5.20. The maximum Gasteiger partial charge on any atom is 0.149 e. The van der Waals surface area contributed by atoms with Crippen LogP contribution in [0.25, 0.3) is 10.8 Å². The van der Waals surface area contributed by atoms with Crippen LogP contribution >= 0.6 is 0 Å². The molecule has 2 heteroatoms. The molecule has 0 unspecified atom stereocenters. The van der Waals surface area contributed by atoms with Crippen molar-refractivity contribution in [1.29, 1.82) is 0 Å². The molecule has 0 amide bonds. The van der Waals surface area contributed by atoms with Gasteiger partial charge < -0.3 is 10.5 Å². The Morgan fingerprint density at radius 3 is 2.69 bits per heavy atom. The quantitative estimate of drug-likeness (QED) is 0.773. The molecule has 0 aromatic heterocycles. The molecule has 0 fully saturated rings. The number of ether oxygens (including phenoxy) is 1. The summed E-state index contributed by atoms with van der Waals surface area (Å²) in [5, 5.41) is 2.28. The maximum absolute atomic E-state index is 5.59. The van der Waals surface area contributed by atoms with E-state index < -0.39 is 0 Å². The number of benzene rings is 2. The Morgan fingerprint density at radius 1 is 1.00 bits per heavy atom. The number of fused-ring (bicyclic) bond motifs is 1. The Hall–Kier alpha value is -1.98. The van der Waals surface area contributed by atoms with Crippen LogP contribution in [-0.2, 0) is 0 Å². The predicted molar refractivity (Wildman–Crippen MR) is 66.3 cm³/mol. The highest BCUT2D eigenvalue weighted by atomic mass is 16.5. The van der Waals surface area contributed by atoms with Gasteiger partial charge in [0.2, 0.25) is 0 Å². The van der Waals surface area contributed by atoms with Crippen molar-refractivity contribution in [2.75, 3.05) is 13.2 Å². The molecule has 16 heavy (non-hydrogen) atoms. The van der Waals surface area contributed by atoms with Gasteiger partial charge >= 0.3 is 0 Å². The first kappa shape index (κ1) is 10.5. The predicted octanol–water partition coefficient (Wildman–Crippen LogP) is 2.18. The van der Waals surface area contributed by atoms with Gasteiger partial charge in [-0.25, -0.2) is 0 Å². The van der Waals surface area contributed by atoms with Crippen LogP contribution in [0.5, 0.6) is 5.75 Å². The number of hydrogen-bond donors (Lipinski definition) is 1. The van der Waals surface area contributed by atoms with Gasteiger partial charge in [-0.1, -0.05) is 48.2 Å². The van der Waals surface area contributed by atoms with E-state index in [0.717, 1.165) is 11.1 Å². The SMILES string of the molecule is NCC#CCOc1cccc2ccccc12. The van der Waals surface area contributed by atoms with Gasteiger partial charge in [0.1, 0.15) is 12.4 Å². The van der Waals surface area contributed by atoms with Crippen molar-refractivity contribution in [3.8, 4) is 17.6 Å². The van der Waals surface area contributed by atoms with Gasteiger partial charge in [0.05, 0.1) is 6.54 Å². The molecule has 0 heterocycles. The summed E-state index contributed by atoms with van der Waals surface area (Å²) in [7, 11) is 0.